The SMILES string of the molecule is CCN(Cc1ccc(OC)c(F)c1)C(=O)CN(c1nccs1)S(=O)(=O)c1ccccc1. The van der Waals surface area contributed by atoms with Crippen LogP contribution in [0.5, 0.6) is 5.75 Å². The van der Waals surface area contributed by atoms with Crippen LogP contribution in [0.1, 0.15) is 12.5 Å². The van der Waals surface area contributed by atoms with Crippen LogP contribution in [0.4, 0.5) is 9.52 Å². The van der Waals surface area contributed by atoms with Crippen molar-refractivity contribution < 1.29 is 22.3 Å². The fourth-order valence-electron chi connectivity index (χ4n) is 2.94. The molecule has 0 aliphatic rings. The van der Waals surface area contributed by atoms with E-state index >= 15 is 0 Å². The maximum absolute atomic E-state index is 14.0. The molecule has 0 saturated carbocycles. The van der Waals surface area contributed by atoms with Gasteiger partial charge >= 0.3 is 0 Å². The molecule has 0 saturated heterocycles. The van der Waals surface area contributed by atoms with Gasteiger partial charge in [0.15, 0.2) is 16.7 Å². The Kier molecular flexibility index (Phi) is 7.24. The second-order valence-corrected chi connectivity index (χ2v) is 9.25. The summed E-state index contributed by atoms with van der Waals surface area (Å²) in [6.45, 7) is 1.81. The van der Waals surface area contributed by atoms with Crippen molar-refractivity contribution in [3.8, 4) is 5.75 Å². The molecule has 3 rings (SSSR count). The molecule has 164 valence electrons. The highest BCUT2D eigenvalue weighted by atomic mass is 32.2. The van der Waals surface area contributed by atoms with Crippen LogP contribution in [0.15, 0.2) is 65.0 Å². The molecule has 0 spiro atoms. The number of sulfonamides is 1. The highest BCUT2D eigenvalue weighted by molar-refractivity contribution is 7.93. The number of halogens is 1. The minimum atomic E-state index is -3.99. The number of carbonyl (C=O) groups excluding carboxylic acids is 1. The molecule has 2 aromatic carbocycles. The van der Waals surface area contributed by atoms with Gasteiger partial charge in [0.05, 0.1) is 12.0 Å². The largest absolute Gasteiger partial charge is 0.494 e. The molecule has 0 bridgehead atoms. The van der Waals surface area contributed by atoms with E-state index in [0.29, 0.717) is 12.1 Å². The standard InChI is InChI=1S/C21H22FN3O4S2/c1-3-24(14-16-9-10-19(29-2)18(22)13-16)20(26)15-25(21-23-11-12-30-21)31(27,28)17-7-5-4-6-8-17/h4-13H,3,14-15H2,1-2H3. The molecule has 7 nitrogen and oxygen atoms in total. The van der Waals surface area contributed by atoms with Gasteiger partial charge in [0, 0.05) is 24.7 Å². The van der Waals surface area contributed by atoms with Crippen molar-refractivity contribution in [2.45, 2.75) is 18.4 Å². The molecular formula is C21H22FN3O4S2. The number of thiazole rings is 1. The van der Waals surface area contributed by atoms with Gasteiger partial charge < -0.3 is 9.64 Å². The lowest BCUT2D eigenvalue weighted by Gasteiger charge is -2.26. The van der Waals surface area contributed by atoms with Crippen molar-refractivity contribution in [1.82, 2.24) is 9.88 Å². The molecule has 3 aromatic rings. The molecule has 10 heteroatoms. The summed E-state index contributed by atoms with van der Waals surface area (Å²) < 4.78 is 46.4. The Morgan fingerprint density at radius 1 is 1.19 bits per heavy atom. The maximum Gasteiger partial charge on any atom is 0.266 e. The average molecular weight is 464 g/mol. The van der Waals surface area contributed by atoms with Gasteiger partial charge in [-0.1, -0.05) is 24.3 Å². The third kappa shape index (κ3) is 5.20. The second kappa shape index (κ2) is 9.88. The van der Waals surface area contributed by atoms with Gasteiger partial charge in [0.1, 0.15) is 6.54 Å². The van der Waals surface area contributed by atoms with Gasteiger partial charge in [-0.2, -0.15) is 0 Å². The first-order chi connectivity index (χ1) is 14.9. The molecule has 31 heavy (non-hydrogen) atoms. The van der Waals surface area contributed by atoms with Crippen molar-refractivity contribution in [2.24, 2.45) is 0 Å². The molecule has 1 aromatic heterocycles. The van der Waals surface area contributed by atoms with Crippen LogP contribution in [0, 0.1) is 5.82 Å². The number of likely N-dealkylation sites (N-methyl/N-ethyl adjacent to an activating group) is 1. The van der Waals surface area contributed by atoms with Crippen LogP contribution >= 0.6 is 11.3 Å². The Labute approximate surface area is 184 Å². The number of rotatable bonds is 9. The lowest BCUT2D eigenvalue weighted by molar-refractivity contribution is -0.129. The summed E-state index contributed by atoms with van der Waals surface area (Å²) in [7, 11) is -2.62. The van der Waals surface area contributed by atoms with Gasteiger partial charge in [-0.3, -0.25) is 4.79 Å². The molecule has 0 unspecified atom stereocenters. The topological polar surface area (TPSA) is 79.8 Å². The van der Waals surface area contributed by atoms with Gasteiger partial charge in [-0.25, -0.2) is 22.1 Å². The zero-order valence-corrected chi connectivity index (χ0v) is 18.7. The molecule has 0 radical (unpaired) electrons. The third-order valence-corrected chi connectivity index (χ3v) is 7.23. The molecule has 0 atom stereocenters. The lowest BCUT2D eigenvalue weighted by atomic mass is 10.2. The smallest absolute Gasteiger partial charge is 0.266 e. The van der Waals surface area contributed by atoms with Crippen LogP contribution < -0.4 is 9.04 Å². The number of hydrogen-bond donors (Lipinski definition) is 0. The van der Waals surface area contributed by atoms with Gasteiger partial charge in [0.25, 0.3) is 10.0 Å². The Morgan fingerprint density at radius 2 is 1.94 bits per heavy atom. The fraction of sp³-hybridized carbons (Fsp3) is 0.238. The molecule has 0 aliphatic carbocycles. The van der Waals surface area contributed by atoms with Crippen molar-refractivity contribution in [3.63, 3.8) is 0 Å². The number of benzene rings is 2. The van der Waals surface area contributed by atoms with E-state index in [-0.39, 0.29) is 22.3 Å². The van der Waals surface area contributed by atoms with E-state index in [1.165, 1.54) is 42.5 Å². The first kappa shape index (κ1) is 22.7. The highest BCUT2D eigenvalue weighted by Crippen LogP contribution is 2.26. The minimum absolute atomic E-state index is 0.0678. The van der Waals surface area contributed by atoms with E-state index in [1.54, 1.807) is 36.6 Å². The number of carbonyl (C=O) groups is 1. The van der Waals surface area contributed by atoms with Gasteiger partial charge in [-0.05, 0) is 36.8 Å². The molecule has 1 heterocycles. The normalized spacial score (nSPS) is 11.2. The number of aromatic nitrogens is 1. The van der Waals surface area contributed by atoms with E-state index in [0.717, 1.165) is 15.6 Å². The van der Waals surface area contributed by atoms with E-state index in [2.05, 4.69) is 4.98 Å². The quantitative estimate of drug-likeness (QED) is 0.485. The first-order valence-corrected chi connectivity index (χ1v) is 11.8. The van der Waals surface area contributed by atoms with Crippen molar-refractivity contribution >= 4 is 32.4 Å². The Balaban J connectivity index is 1.85. The minimum Gasteiger partial charge on any atom is -0.494 e. The summed E-state index contributed by atoms with van der Waals surface area (Å²) in [6, 6.07) is 12.3. The van der Waals surface area contributed by atoms with E-state index in [4.69, 9.17) is 4.74 Å². The van der Waals surface area contributed by atoms with Crippen molar-refractivity contribution in [2.75, 3.05) is 24.5 Å². The Bertz CT molecular complexity index is 1120. The van der Waals surface area contributed by atoms with Crippen LogP contribution in [-0.2, 0) is 21.4 Å². The van der Waals surface area contributed by atoms with Gasteiger partial charge in [0.2, 0.25) is 5.91 Å². The number of nitrogens with zero attached hydrogens (tertiary/aromatic N) is 3. The van der Waals surface area contributed by atoms with Crippen LogP contribution in [0.2, 0.25) is 0 Å². The molecule has 0 N–H and O–H groups in total. The predicted molar refractivity (Wildman–Crippen MR) is 117 cm³/mol. The zero-order valence-electron chi connectivity index (χ0n) is 17.1. The average Bonchev–Trinajstić information content (AvgIpc) is 3.30. The molecule has 0 aliphatic heterocycles. The molecule has 1 amide bonds. The predicted octanol–water partition coefficient (Wildman–Crippen LogP) is 3.53. The summed E-state index contributed by atoms with van der Waals surface area (Å²) in [5.74, 6) is -0.838. The summed E-state index contributed by atoms with van der Waals surface area (Å²) in [6.07, 6.45) is 1.48. The van der Waals surface area contributed by atoms with E-state index in [9.17, 15) is 17.6 Å². The Morgan fingerprint density at radius 3 is 2.52 bits per heavy atom. The van der Waals surface area contributed by atoms with Crippen molar-refractivity contribution in [1.29, 1.82) is 0 Å². The fourth-order valence-corrected chi connectivity index (χ4v) is 5.20. The third-order valence-electron chi connectivity index (χ3n) is 4.57. The van der Waals surface area contributed by atoms with Crippen LogP contribution in [-0.4, -0.2) is 44.4 Å². The number of amides is 1. The summed E-state index contributed by atoms with van der Waals surface area (Å²) in [4.78, 5) is 18.7. The first-order valence-electron chi connectivity index (χ1n) is 9.44. The Hall–Kier alpha value is -2.98. The molecular weight excluding hydrogens is 441 g/mol. The number of ether oxygens (including phenoxy) is 1. The monoisotopic (exact) mass is 463 g/mol. The highest BCUT2D eigenvalue weighted by Gasteiger charge is 2.30. The maximum atomic E-state index is 14.0. The van der Waals surface area contributed by atoms with Crippen LogP contribution in [0.25, 0.3) is 0 Å². The summed E-state index contributed by atoms with van der Waals surface area (Å²) in [5, 5.41) is 1.84. The van der Waals surface area contributed by atoms with Crippen molar-refractivity contribution in [3.05, 3.63) is 71.5 Å². The zero-order chi connectivity index (χ0) is 22.4. The summed E-state index contributed by atoms with van der Waals surface area (Å²) in [5.41, 5.74) is 0.570. The van der Waals surface area contributed by atoms with Crippen LogP contribution in [0.3, 0.4) is 0 Å². The van der Waals surface area contributed by atoms with E-state index in [1.807, 2.05) is 0 Å². The van der Waals surface area contributed by atoms with Gasteiger partial charge in [-0.15, -0.1) is 11.3 Å². The number of anilines is 1. The number of methoxy groups -OCH3 is 1. The number of hydrogen-bond acceptors (Lipinski definition) is 6. The van der Waals surface area contributed by atoms with E-state index < -0.39 is 28.3 Å². The summed E-state index contributed by atoms with van der Waals surface area (Å²) >= 11 is 1.13. The molecule has 0 fully saturated rings. The lowest BCUT2D eigenvalue weighted by Crippen LogP contribution is -2.42. The second-order valence-electron chi connectivity index (χ2n) is 6.52.